The Morgan fingerprint density at radius 1 is 0.810 bits per heavy atom. The second kappa shape index (κ2) is 6.42. The molecule has 0 saturated heterocycles. The molecule has 0 unspecified atom stereocenters. The van der Waals surface area contributed by atoms with E-state index < -0.39 is 0 Å². The highest BCUT2D eigenvalue weighted by Gasteiger charge is 2.04. The first-order valence-electron chi connectivity index (χ1n) is 7.22. The van der Waals surface area contributed by atoms with E-state index in [-0.39, 0.29) is 0 Å². The van der Waals surface area contributed by atoms with Gasteiger partial charge in [-0.25, -0.2) is 0 Å². The van der Waals surface area contributed by atoms with Gasteiger partial charge in [-0.3, -0.25) is 0 Å². The van der Waals surface area contributed by atoms with Gasteiger partial charge in [-0.1, -0.05) is 54.6 Å². The molecule has 0 fully saturated rings. The Hall–Kier alpha value is -2.32. The average molecular weight is 277 g/mol. The summed E-state index contributed by atoms with van der Waals surface area (Å²) in [5.41, 5.74) is 3.76. The Balaban J connectivity index is 1.74. The maximum Gasteiger partial charge on any atom is 0.134 e. The molecule has 2 heteroatoms. The van der Waals surface area contributed by atoms with E-state index in [4.69, 9.17) is 4.42 Å². The summed E-state index contributed by atoms with van der Waals surface area (Å²) < 4.78 is 5.81. The molecule has 0 aliphatic rings. The summed E-state index contributed by atoms with van der Waals surface area (Å²) in [5, 5.41) is 3.09. The normalized spacial score (nSPS) is 10.7. The highest BCUT2D eigenvalue weighted by molar-refractivity contribution is 5.58. The number of rotatable bonds is 5. The van der Waals surface area contributed by atoms with Gasteiger partial charge in [0.05, 0.1) is 6.54 Å². The molecule has 0 saturated carbocycles. The molecular weight excluding hydrogens is 258 g/mol. The van der Waals surface area contributed by atoms with Crippen LogP contribution in [0.4, 0.5) is 0 Å². The average Bonchev–Trinajstić information content (AvgIpc) is 2.98. The third-order valence-corrected chi connectivity index (χ3v) is 3.50. The van der Waals surface area contributed by atoms with Crippen LogP contribution in [-0.2, 0) is 13.0 Å². The first-order valence-corrected chi connectivity index (χ1v) is 7.22. The third-order valence-electron chi connectivity index (χ3n) is 3.50. The van der Waals surface area contributed by atoms with Crippen LogP contribution in [0.1, 0.15) is 16.9 Å². The quantitative estimate of drug-likeness (QED) is 0.754. The van der Waals surface area contributed by atoms with Gasteiger partial charge in [0.1, 0.15) is 11.5 Å². The van der Waals surface area contributed by atoms with Gasteiger partial charge in [-0.05, 0) is 36.7 Å². The van der Waals surface area contributed by atoms with E-state index in [1.165, 1.54) is 11.1 Å². The van der Waals surface area contributed by atoms with Crippen molar-refractivity contribution in [3.8, 4) is 11.3 Å². The van der Waals surface area contributed by atoms with Crippen molar-refractivity contribution in [2.45, 2.75) is 13.0 Å². The van der Waals surface area contributed by atoms with E-state index in [9.17, 15) is 0 Å². The maximum absolute atomic E-state index is 5.81. The smallest absolute Gasteiger partial charge is 0.134 e. The van der Waals surface area contributed by atoms with E-state index in [1.54, 1.807) is 0 Å². The van der Waals surface area contributed by atoms with Crippen molar-refractivity contribution < 1.29 is 4.42 Å². The SMILES string of the molecule is CNCc1ccc(-c2ccc(Cc3ccccc3)cc2)o1. The van der Waals surface area contributed by atoms with Gasteiger partial charge < -0.3 is 9.73 Å². The molecule has 2 aromatic carbocycles. The van der Waals surface area contributed by atoms with Crippen LogP contribution in [0, 0.1) is 0 Å². The van der Waals surface area contributed by atoms with Crippen molar-refractivity contribution in [3.05, 3.63) is 83.6 Å². The van der Waals surface area contributed by atoms with Gasteiger partial charge >= 0.3 is 0 Å². The van der Waals surface area contributed by atoms with Crippen LogP contribution in [0.5, 0.6) is 0 Å². The molecule has 3 aromatic rings. The molecule has 0 atom stereocenters. The van der Waals surface area contributed by atoms with E-state index in [0.29, 0.717) is 0 Å². The van der Waals surface area contributed by atoms with Crippen LogP contribution in [0.3, 0.4) is 0 Å². The Kier molecular flexibility index (Phi) is 4.17. The Morgan fingerprint density at radius 3 is 2.24 bits per heavy atom. The van der Waals surface area contributed by atoms with E-state index in [2.05, 4.69) is 53.8 Å². The molecule has 0 radical (unpaired) electrons. The fourth-order valence-electron chi connectivity index (χ4n) is 2.42. The predicted octanol–water partition coefficient (Wildman–Crippen LogP) is 4.26. The topological polar surface area (TPSA) is 25.2 Å². The largest absolute Gasteiger partial charge is 0.460 e. The van der Waals surface area contributed by atoms with Crippen LogP contribution in [0.15, 0.2) is 71.1 Å². The van der Waals surface area contributed by atoms with Crippen molar-refractivity contribution in [3.63, 3.8) is 0 Å². The zero-order valence-electron chi connectivity index (χ0n) is 12.2. The molecule has 21 heavy (non-hydrogen) atoms. The summed E-state index contributed by atoms with van der Waals surface area (Å²) >= 11 is 0. The molecule has 0 spiro atoms. The zero-order chi connectivity index (χ0) is 14.5. The second-order valence-electron chi connectivity index (χ2n) is 5.16. The van der Waals surface area contributed by atoms with Gasteiger partial charge in [0.15, 0.2) is 0 Å². The Morgan fingerprint density at radius 2 is 1.52 bits per heavy atom. The highest BCUT2D eigenvalue weighted by atomic mass is 16.3. The Labute approximate surface area is 125 Å². The summed E-state index contributed by atoms with van der Waals surface area (Å²) in [6, 6.07) is 23.2. The van der Waals surface area contributed by atoms with Crippen molar-refractivity contribution in [1.82, 2.24) is 5.32 Å². The summed E-state index contributed by atoms with van der Waals surface area (Å²) in [6.45, 7) is 0.756. The lowest BCUT2D eigenvalue weighted by atomic mass is 10.0. The van der Waals surface area contributed by atoms with Gasteiger partial charge in [0.25, 0.3) is 0 Å². The van der Waals surface area contributed by atoms with Crippen molar-refractivity contribution in [2.24, 2.45) is 0 Å². The van der Waals surface area contributed by atoms with Crippen molar-refractivity contribution in [2.75, 3.05) is 7.05 Å². The summed E-state index contributed by atoms with van der Waals surface area (Å²) in [6.07, 6.45) is 0.963. The van der Waals surface area contributed by atoms with Crippen molar-refractivity contribution in [1.29, 1.82) is 0 Å². The molecule has 3 rings (SSSR count). The van der Waals surface area contributed by atoms with Crippen molar-refractivity contribution >= 4 is 0 Å². The van der Waals surface area contributed by atoms with Crippen LogP contribution in [0.2, 0.25) is 0 Å². The third kappa shape index (κ3) is 3.41. The molecule has 1 heterocycles. The number of benzene rings is 2. The number of hydrogen-bond acceptors (Lipinski definition) is 2. The van der Waals surface area contributed by atoms with Crippen LogP contribution >= 0.6 is 0 Å². The summed E-state index contributed by atoms with van der Waals surface area (Å²) in [4.78, 5) is 0. The molecule has 0 amide bonds. The van der Waals surface area contributed by atoms with Crippen LogP contribution in [-0.4, -0.2) is 7.05 Å². The molecule has 1 N–H and O–H groups in total. The monoisotopic (exact) mass is 277 g/mol. The predicted molar refractivity (Wildman–Crippen MR) is 86.2 cm³/mol. The lowest BCUT2D eigenvalue weighted by Gasteiger charge is -2.03. The number of hydrogen-bond donors (Lipinski definition) is 1. The number of nitrogens with one attached hydrogen (secondary N) is 1. The molecule has 106 valence electrons. The minimum absolute atomic E-state index is 0.756. The summed E-state index contributed by atoms with van der Waals surface area (Å²) in [5.74, 6) is 1.88. The maximum atomic E-state index is 5.81. The molecule has 0 aliphatic heterocycles. The van der Waals surface area contributed by atoms with Gasteiger partial charge in [0.2, 0.25) is 0 Å². The zero-order valence-corrected chi connectivity index (χ0v) is 12.2. The minimum atomic E-state index is 0.756. The van der Waals surface area contributed by atoms with Gasteiger partial charge in [-0.2, -0.15) is 0 Å². The van der Waals surface area contributed by atoms with E-state index >= 15 is 0 Å². The standard InChI is InChI=1S/C19H19NO/c1-20-14-18-11-12-19(21-18)17-9-7-16(8-10-17)13-15-5-3-2-4-6-15/h2-12,20H,13-14H2,1H3. The summed E-state index contributed by atoms with van der Waals surface area (Å²) in [7, 11) is 1.92. The van der Waals surface area contributed by atoms with E-state index in [0.717, 1.165) is 30.0 Å². The lowest BCUT2D eigenvalue weighted by molar-refractivity contribution is 0.507. The molecule has 1 aromatic heterocycles. The second-order valence-corrected chi connectivity index (χ2v) is 5.16. The highest BCUT2D eigenvalue weighted by Crippen LogP contribution is 2.23. The van der Waals surface area contributed by atoms with Gasteiger partial charge in [-0.15, -0.1) is 0 Å². The first-order chi connectivity index (χ1) is 10.3. The van der Waals surface area contributed by atoms with Crippen LogP contribution < -0.4 is 5.32 Å². The lowest BCUT2D eigenvalue weighted by Crippen LogP contribution is -2.03. The van der Waals surface area contributed by atoms with E-state index in [1.807, 2.05) is 25.2 Å². The molecular formula is C19H19NO. The Bertz CT molecular complexity index is 683. The fraction of sp³-hybridized carbons (Fsp3) is 0.158. The van der Waals surface area contributed by atoms with Gasteiger partial charge in [0, 0.05) is 5.56 Å². The molecule has 0 bridgehead atoms. The molecule has 2 nitrogen and oxygen atoms in total. The minimum Gasteiger partial charge on any atom is -0.460 e. The molecule has 0 aliphatic carbocycles. The van der Waals surface area contributed by atoms with Crippen LogP contribution in [0.25, 0.3) is 11.3 Å². The first kappa shape index (κ1) is 13.7. The fourth-order valence-corrected chi connectivity index (χ4v) is 2.42. The number of furan rings is 1.